The monoisotopic (exact) mass is 198 g/mol. The summed E-state index contributed by atoms with van der Waals surface area (Å²) in [6.45, 7) is 17.9. The first-order valence-electron chi connectivity index (χ1n) is 5.53. The van der Waals surface area contributed by atoms with Gasteiger partial charge in [0.2, 0.25) is 0 Å². The number of hydrogen-bond acceptors (Lipinski definition) is 2. The van der Waals surface area contributed by atoms with E-state index in [4.69, 9.17) is 0 Å². The second kappa shape index (κ2) is 6.20. The number of hydrogen-bond donors (Lipinski definition) is 1. The minimum absolute atomic E-state index is 0.183. The average Bonchev–Trinajstić information content (AvgIpc) is 2.02. The smallest absolute Gasteiger partial charge is 0.0252 e. The summed E-state index contributed by atoms with van der Waals surface area (Å²) in [7, 11) is 0. The van der Waals surface area contributed by atoms with Crippen molar-refractivity contribution < 1.29 is 0 Å². The van der Waals surface area contributed by atoms with E-state index in [9.17, 15) is 0 Å². The molecule has 0 saturated carbocycles. The van der Waals surface area contributed by atoms with Crippen molar-refractivity contribution in [3.05, 3.63) is 12.7 Å². The summed E-state index contributed by atoms with van der Waals surface area (Å²) in [4.78, 5) is 2.43. The van der Waals surface area contributed by atoms with Gasteiger partial charge in [0.05, 0.1) is 0 Å². The predicted molar refractivity (Wildman–Crippen MR) is 64.7 cm³/mol. The molecule has 84 valence electrons. The Morgan fingerprint density at radius 2 is 2.00 bits per heavy atom. The van der Waals surface area contributed by atoms with Crippen LogP contribution in [-0.4, -0.2) is 36.1 Å². The third-order valence-corrected chi connectivity index (χ3v) is 2.35. The summed E-state index contributed by atoms with van der Waals surface area (Å²) in [5, 5.41) is 3.49. The van der Waals surface area contributed by atoms with E-state index in [0.717, 1.165) is 19.6 Å². The zero-order chi connectivity index (χ0) is 11.2. The zero-order valence-electron chi connectivity index (χ0n) is 10.4. The standard InChI is InChI=1S/C12H26N2/c1-7-9-14(11(3)4)10-12(5,6)13-8-2/h7,11,13H,1,8-10H2,2-6H3. The van der Waals surface area contributed by atoms with Gasteiger partial charge in [-0.05, 0) is 34.2 Å². The van der Waals surface area contributed by atoms with Crippen molar-refractivity contribution in [1.29, 1.82) is 0 Å². The molecule has 0 atom stereocenters. The second-order valence-electron chi connectivity index (χ2n) is 4.73. The third kappa shape index (κ3) is 5.40. The molecule has 0 amide bonds. The van der Waals surface area contributed by atoms with Crippen LogP contribution in [0.5, 0.6) is 0 Å². The Labute approximate surface area is 89.4 Å². The topological polar surface area (TPSA) is 15.3 Å². The quantitative estimate of drug-likeness (QED) is 0.631. The van der Waals surface area contributed by atoms with Gasteiger partial charge in [-0.25, -0.2) is 0 Å². The number of nitrogens with zero attached hydrogens (tertiary/aromatic N) is 1. The SMILES string of the molecule is C=CCN(CC(C)(C)NCC)C(C)C. The highest BCUT2D eigenvalue weighted by molar-refractivity contribution is 4.85. The van der Waals surface area contributed by atoms with Crippen molar-refractivity contribution in [3.8, 4) is 0 Å². The van der Waals surface area contributed by atoms with Crippen molar-refractivity contribution in [2.45, 2.75) is 46.2 Å². The van der Waals surface area contributed by atoms with Crippen LogP contribution in [0, 0.1) is 0 Å². The lowest BCUT2D eigenvalue weighted by Gasteiger charge is -2.35. The van der Waals surface area contributed by atoms with E-state index in [1.807, 2.05) is 6.08 Å². The lowest BCUT2D eigenvalue weighted by atomic mass is 10.0. The molecule has 0 bridgehead atoms. The Bertz CT molecular complexity index is 162. The fourth-order valence-corrected chi connectivity index (χ4v) is 1.67. The van der Waals surface area contributed by atoms with Gasteiger partial charge in [-0.2, -0.15) is 0 Å². The normalized spacial score (nSPS) is 12.5. The van der Waals surface area contributed by atoms with E-state index < -0.39 is 0 Å². The predicted octanol–water partition coefficient (Wildman–Crippen LogP) is 2.27. The Hall–Kier alpha value is -0.340. The molecule has 2 nitrogen and oxygen atoms in total. The highest BCUT2D eigenvalue weighted by Gasteiger charge is 2.21. The Kier molecular flexibility index (Phi) is 6.05. The summed E-state index contributed by atoms with van der Waals surface area (Å²) < 4.78 is 0. The number of rotatable bonds is 7. The van der Waals surface area contributed by atoms with Crippen LogP contribution in [0.2, 0.25) is 0 Å². The van der Waals surface area contributed by atoms with E-state index >= 15 is 0 Å². The fourth-order valence-electron chi connectivity index (χ4n) is 1.67. The highest BCUT2D eigenvalue weighted by atomic mass is 15.2. The van der Waals surface area contributed by atoms with Crippen LogP contribution in [0.15, 0.2) is 12.7 Å². The molecule has 0 aromatic carbocycles. The molecule has 0 radical (unpaired) electrons. The van der Waals surface area contributed by atoms with Gasteiger partial charge in [-0.3, -0.25) is 4.90 Å². The van der Waals surface area contributed by atoms with Gasteiger partial charge in [0.25, 0.3) is 0 Å². The van der Waals surface area contributed by atoms with Crippen LogP contribution in [0.25, 0.3) is 0 Å². The maximum absolute atomic E-state index is 3.80. The Morgan fingerprint density at radius 3 is 2.36 bits per heavy atom. The molecule has 14 heavy (non-hydrogen) atoms. The van der Waals surface area contributed by atoms with Gasteiger partial charge in [0.15, 0.2) is 0 Å². The number of likely N-dealkylation sites (N-methyl/N-ethyl adjacent to an activating group) is 1. The average molecular weight is 198 g/mol. The minimum Gasteiger partial charge on any atom is -0.311 e. The summed E-state index contributed by atoms with van der Waals surface area (Å²) >= 11 is 0. The van der Waals surface area contributed by atoms with Gasteiger partial charge in [0.1, 0.15) is 0 Å². The second-order valence-corrected chi connectivity index (χ2v) is 4.73. The van der Waals surface area contributed by atoms with E-state index in [1.165, 1.54) is 0 Å². The van der Waals surface area contributed by atoms with Crippen molar-refractivity contribution >= 4 is 0 Å². The molecule has 2 heteroatoms. The van der Waals surface area contributed by atoms with Crippen molar-refractivity contribution in [2.75, 3.05) is 19.6 Å². The minimum atomic E-state index is 0.183. The summed E-state index contributed by atoms with van der Waals surface area (Å²) in [5.41, 5.74) is 0.183. The van der Waals surface area contributed by atoms with Crippen LogP contribution < -0.4 is 5.32 Å². The largest absolute Gasteiger partial charge is 0.311 e. The Balaban J connectivity index is 4.19. The summed E-state index contributed by atoms with van der Waals surface area (Å²) in [6.07, 6.45) is 1.97. The first-order chi connectivity index (χ1) is 6.43. The van der Waals surface area contributed by atoms with Crippen LogP contribution in [0.4, 0.5) is 0 Å². The van der Waals surface area contributed by atoms with Gasteiger partial charge in [0, 0.05) is 24.7 Å². The molecule has 0 aliphatic rings. The third-order valence-electron chi connectivity index (χ3n) is 2.35. The molecule has 0 aromatic rings. The van der Waals surface area contributed by atoms with E-state index in [2.05, 4.69) is 51.4 Å². The maximum atomic E-state index is 3.80. The molecule has 0 rings (SSSR count). The van der Waals surface area contributed by atoms with Gasteiger partial charge in [-0.15, -0.1) is 6.58 Å². The van der Waals surface area contributed by atoms with Crippen molar-refractivity contribution in [3.63, 3.8) is 0 Å². The van der Waals surface area contributed by atoms with Crippen molar-refractivity contribution in [1.82, 2.24) is 10.2 Å². The van der Waals surface area contributed by atoms with E-state index in [1.54, 1.807) is 0 Å². The molecule has 0 fully saturated rings. The molecule has 0 heterocycles. The molecular formula is C12H26N2. The van der Waals surface area contributed by atoms with E-state index in [-0.39, 0.29) is 5.54 Å². The van der Waals surface area contributed by atoms with Crippen LogP contribution in [-0.2, 0) is 0 Å². The highest BCUT2D eigenvalue weighted by Crippen LogP contribution is 2.08. The first kappa shape index (κ1) is 13.7. The van der Waals surface area contributed by atoms with Crippen LogP contribution in [0.1, 0.15) is 34.6 Å². The summed E-state index contributed by atoms with van der Waals surface area (Å²) in [5.74, 6) is 0. The van der Waals surface area contributed by atoms with E-state index in [0.29, 0.717) is 6.04 Å². The molecule has 0 spiro atoms. The molecule has 0 aliphatic carbocycles. The molecule has 0 saturated heterocycles. The molecule has 0 unspecified atom stereocenters. The number of nitrogens with one attached hydrogen (secondary N) is 1. The molecule has 0 aliphatic heterocycles. The van der Waals surface area contributed by atoms with Crippen molar-refractivity contribution in [2.24, 2.45) is 0 Å². The van der Waals surface area contributed by atoms with Gasteiger partial charge >= 0.3 is 0 Å². The van der Waals surface area contributed by atoms with Crippen LogP contribution in [0.3, 0.4) is 0 Å². The lowest BCUT2D eigenvalue weighted by Crippen LogP contribution is -2.50. The molecule has 0 aromatic heterocycles. The lowest BCUT2D eigenvalue weighted by molar-refractivity contribution is 0.182. The van der Waals surface area contributed by atoms with Gasteiger partial charge in [-0.1, -0.05) is 13.0 Å². The molecular weight excluding hydrogens is 172 g/mol. The molecule has 1 N–H and O–H groups in total. The maximum Gasteiger partial charge on any atom is 0.0252 e. The fraction of sp³-hybridized carbons (Fsp3) is 0.833. The zero-order valence-corrected chi connectivity index (χ0v) is 10.4. The summed E-state index contributed by atoms with van der Waals surface area (Å²) in [6, 6.07) is 0.575. The first-order valence-corrected chi connectivity index (χ1v) is 5.53. The Morgan fingerprint density at radius 1 is 1.43 bits per heavy atom. The van der Waals surface area contributed by atoms with Gasteiger partial charge < -0.3 is 5.32 Å². The van der Waals surface area contributed by atoms with Crippen LogP contribution >= 0.6 is 0 Å².